The lowest BCUT2D eigenvalue weighted by molar-refractivity contribution is -0.143. The molecule has 0 aliphatic heterocycles. The highest BCUT2D eigenvalue weighted by Gasteiger charge is 2.01. The molecule has 6 nitrogen and oxygen atoms in total. The van der Waals surface area contributed by atoms with E-state index in [1.165, 1.54) is 11.6 Å². The largest absolute Gasteiger partial charge is 0.494 e. The zero-order valence-electron chi connectivity index (χ0n) is 22.0. The number of esters is 2. The Hall–Kier alpha value is -3.54. The number of carbonyl (C=O) groups excluding carboxylic acids is 2. The van der Waals surface area contributed by atoms with Crippen LogP contribution in [0.2, 0.25) is 0 Å². The Balaban J connectivity index is 0.000000360. The fraction of sp³-hybridized carbons (Fsp3) is 0.400. The summed E-state index contributed by atoms with van der Waals surface area (Å²) in [5.74, 6) is 1.35. The van der Waals surface area contributed by atoms with Gasteiger partial charge in [0.05, 0.1) is 26.4 Å². The summed E-state index contributed by atoms with van der Waals surface area (Å²) in [6.07, 6.45) is 10.2. The molecule has 0 atom stereocenters. The summed E-state index contributed by atoms with van der Waals surface area (Å²) in [5, 5.41) is 0. The Labute approximate surface area is 215 Å². The van der Waals surface area contributed by atoms with Crippen LogP contribution in [0.15, 0.2) is 66.8 Å². The van der Waals surface area contributed by atoms with Gasteiger partial charge in [-0.05, 0) is 82.3 Å². The lowest BCUT2D eigenvalue weighted by Gasteiger charge is -2.05. The maximum atomic E-state index is 11.1. The van der Waals surface area contributed by atoms with Crippen molar-refractivity contribution in [2.75, 3.05) is 26.4 Å². The van der Waals surface area contributed by atoms with Crippen LogP contribution < -0.4 is 9.47 Å². The van der Waals surface area contributed by atoms with Crippen molar-refractivity contribution < 1.29 is 28.5 Å². The lowest BCUT2D eigenvalue weighted by Crippen LogP contribution is -2.03. The first-order valence-corrected chi connectivity index (χ1v) is 12.6. The SMILES string of the molecule is CCOC(=O)/C=C/C=C/c1ccc(OCC)cc1.CCOC(=O)CCCCc1ccc(OCC)cc1. The molecule has 0 saturated carbocycles. The van der Waals surface area contributed by atoms with E-state index in [0.29, 0.717) is 32.8 Å². The molecule has 2 rings (SSSR count). The van der Waals surface area contributed by atoms with Gasteiger partial charge in [-0.2, -0.15) is 0 Å². The molecule has 0 aliphatic carbocycles. The third-order valence-corrected chi connectivity index (χ3v) is 4.75. The third kappa shape index (κ3) is 14.7. The second kappa shape index (κ2) is 19.7. The van der Waals surface area contributed by atoms with Gasteiger partial charge in [0.15, 0.2) is 0 Å². The first-order chi connectivity index (χ1) is 17.5. The van der Waals surface area contributed by atoms with Crippen LogP contribution in [0.1, 0.15) is 58.1 Å². The molecule has 0 saturated heterocycles. The third-order valence-electron chi connectivity index (χ3n) is 4.75. The van der Waals surface area contributed by atoms with E-state index in [0.717, 1.165) is 36.3 Å². The van der Waals surface area contributed by atoms with E-state index < -0.39 is 0 Å². The van der Waals surface area contributed by atoms with Gasteiger partial charge in [-0.1, -0.05) is 42.5 Å². The van der Waals surface area contributed by atoms with Gasteiger partial charge in [0, 0.05) is 12.5 Å². The Kier molecular flexibility index (Phi) is 16.7. The van der Waals surface area contributed by atoms with Crippen LogP contribution in [-0.4, -0.2) is 38.4 Å². The van der Waals surface area contributed by atoms with Crippen LogP contribution in [0.25, 0.3) is 6.08 Å². The summed E-state index contributed by atoms with van der Waals surface area (Å²) < 4.78 is 20.4. The lowest BCUT2D eigenvalue weighted by atomic mass is 10.1. The number of rotatable bonds is 14. The summed E-state index contributed by atoms with van der Waals surface area (Å²) >= 11 is 0. The molecule has 0 aromatic heterocycles. The fourth-order valence-corrected chi connectivity index (χ4v) is 3.08. The first kappa shape index (κ1) is 30.5. The number of allylic oxidation sites excluding steroid dienone is 2. The standard InChI is InChI=1S/C15H22O3.C15H18O3/c2*1-3-17-14-11-9-13(10-12-14)7-5-6-8-15(16)18-4-2/h9-12H,3-8H2,1-2H3;5-12H,3-4H2,1-2H3/b;7-5+,8-6+. The Bertz CT molecular complexity index is 913. The highest BCUT2D eigenvalue weighted by atomic mass is 16.5. The fourth-order valence-electron chi connectivity index (χ4n) is 3.08. The normalized spacial score (nSPS) is 10.6. The monoisotopic (exact) mass is 496 g/mol. The number of hydrogen-bond acceptors (Lipinski definition) is 6. The van der Waals surface area contributed by atoms with Crippen LogP contribution in [-0.2, 0) is 25.5 Å². The van der Waals surface area contributed by atoms with Crippen molar-refractivity contribution in [2.45, 2.75) is 53.4 Å². The van der Waals surface area contributed by atoms with Gasteiger partial charge in [0.1, 0.15) is 11.5 Å². The van der Waals surface area contributed by atoms with E-state index in [4.69, 9.17) is 18.9 Å². The van der Waals surface area contributed by atoms with Crippen LogP contribution in [0.3, 0.4) is 0 Å². The average molecular weight is 497 g/mol. The molecule has 0 N–H and O–H groups in total. The van der Waals surface area contributed by atoms with Crippen molar-refractivity contribution in [1.29, 1.82) is 0 Å². The smallest absolute Gasteiger partial charge is 0.330 e. The van der Waals surface area contributed by atoms with Crippen molar-refractivity contribution in [3.05, 3.63) is 77.9 Å². The van der Waals surface area contributed by atoms with Crippen molar-refractivity contribution in [3.63, 3.8) is 0 Å². The molecule has 0 unspecified atom stereocenters. The Morgan fingerprint density at radius 2 is 1.28 bits per heavy atom. The van der Waals surface area contributed by atoms with Crippen molar-refractivity contribution in [2.24, 2.45) is 0 Å². The zero-order valence-corrected chi connectivity index (χ0v) is 22.0. The Morgan fingerprint density at radius 1 is 0.694 bits per heavy atom. The summed E-state index contributed by atoms with van der Waals surface area (Å²) in [6, 6.07) is 15.9. The number of hydrogen-bond donors (Lipinski definition) is 0. The number of carbonyl (C=O) groups is 2. The van der Waals surface area contributed by atoms with Crippen molar-refractivity contribution in [1.82, 2.24) is 0 Å². The topological polar surface area (TPSA) is 71.1 Å². The molecule has 0 radical (unpaired) electrons. The first-order valence-electron chi connectivity index (χ1n) is 12.6. The minimum Gasteiger partial charge on any atom is -0.494 e. The number of unbranched alkanes of at least 4 members (excludes halogenated alkanes) is 1. The van der Waals surface area contributed by atoms with Gasteiger partial charge in [-0.3, -0.25) is 4.79 Å². The van der Waals surface area contributed by atoms with Crippen LogP contribution in [0, 0.1) is 0 Å². The maximum Gasteiger partial charge on any atom is 0.330 e. The maximum absolute atomic E-state index is 11.1. The van der Waals surface area contributed by atoms with E-state index >= 15 is 0 Å². The quantitative estimate of drug-likeness (QED) is 0.127. The van der Waals surface area contributed by atoms with E-state index in [1.807, 2.05) is 63.2 Å². The van der Waals surface area contributed by atoms with Gasteiger partial charge in [0.2, 0.25) is 0 Å². The van der Waals surface area contributed by atoms with Crippen molar-refractivity contribution in [3.8, 4) is 11.5 Å². The molecular weight excluding hydrogens is 456 g/mol. The summed E-state index contributed by atoms with van der Waals surface area (Å²) in [5.41, 5.74) is 2.33. The van der Waals surface area contributed by atoms with Gasteiger partial charge >= 0.3 is 11.9 Å². The minimum absolute atomic E-state index is 0.0933. The minimum atomic E-state index is -0.325. The van der Waals surface area contributed by atoms with E-state index in [2.05, 4.69) is 12.1 Å². The number of aryl methyl sites for hydroxylation is 1. The molecule has 0 amide bonds. The van der Waals surface area contributed by atoms with Crippen LogP contribution >= 0.6 is 0 Å². The molecular formula is C30H40O6. The van der Waals surface area contributed by atoms with Crippen LogP contribution in [0.4, 0.5) is 0 Å². The van der Waals surface area contributed by atoms with Crippen LogP contribution in [0.5, 0.6) is 11.5 Å². The number of benzene rings is 2. The molecule has 0 bridgehead atoms. The molecule has 196 valence electrons. The molecule has 36 heavy (non-hydrogen) atoms. The summed E-state index contributed by atoms with van der Waals surface area (Å²) in [6.45, 7) is 9.76. The summed E-state index contributed by atoms with van der Waals surface area (Å²) in [4.78, 5) is 22.1. The predicted octanol–water partition coefficient (Wildman–Crippen LogP) is 6.58. The molecule has 0 fully saturated rings. The van der Waals surface area contributed by atoms with Gasteiger partial charge in [0.25, 0.3) is 0 Å². The van der Waals surface area contributed by atoms with E-state index in [9.17, 15) is 9.59 Å². The molecule has 2 aromatic carbocycles. The highest BCUT2D eigenvalue weighted by molar-refractivity contribution is 5.82. The molecule has 0 spiro atoms. The van der Waals surface area contributed by atoms with E-state index in [-0.39, 0.29) is 11.9 Å². The number of ether oxygens (including phenoxy) is 4. The predicted molar refractivity (Wildman–Crippen MR) is 144 cm³/mol. The Morgan fingerprint density at radius 3 is 1.83 bits per heavy atom. The van der Waals surface area contributed by atoms with Gasteiger partial charge in [-0.25, -0.2) is 4.79 Å². The molecule has 6 heteroatoms. The van der Waals surface area contributed by atoms with Gasteiger partial charge in [-0.15, -0.1) is 0 Å². The van der Waals surface area contributed by atoms with Gasteiger partial charge < -0.3 is 18.9 Å². The molecule has 0 heterocycles. The highest BCUT2D eigenvalue weighted by Crippen LogP contribution is 2.15. The van der Waals surface area contributed by atoms with Crippen molar-refractivity contribution >= 4 is 18.0 Å². The zero-order chi connectivity index (χ0) is 26.4. The average Bonchev–Trinajstić information content (AvgIpc) is 2.88. The van der Waals surface area contributed by atoms with E-state index in [1.54, 1.807) is 19.1 Å². The summed E-state index contributed by atoms with van der Waals surface area (Å²) in [7, 11) is 0. The molecule has 0 aliphatic rings. The second-order valence-electron chi connectivity index (χ2n) is 7.56. The molecule has 2 aromatic rings. The second-order valence-corrected chi connectivity index (χ2v) is 7.56.